The van der Waals surface area contributed by atoms with E-state index in [2.05, 4.69) is 22.1 Å². The zero-order valence-electron chi connectivity index (χ0n) is 15.7. The number of benzene rings is 1. The number of nitrogens with zero attached hydrogens (tertiary/aromatic N) is 3. The Bertz CT molecular complexity index is 757. The van der Waals surface area contributed by atoms with Crippen LogP contribution in [0.4, 0.5) is 0 Å². The highest BCUT2D eigenvalue weighted by molar-refractivity contribution is 7.73. The zero-order chi connectivity index (χ0) is 18.5. The van der Waals surface area contributed by atoms with Crippen LogP contribution >= 0.6 is 23.6 Å². The summed E-state index contributed by atoms with van der Waals surface area (Å²) in [4.78, 5) is 2.46. The SMILES string of the molecule is COc1cc(CCC2CCN(Cn3nc(C)sc3=S)CC2)cc(OC)c1. The molecule has 0 N–H and O–H groups in total. The Kier molecular flexibility index (Phi) is 6.67. The summed E-state index contributed by atoms with van der Waals surface area (Å²) in [6.45, 7) is 5.06. The summed E-state index contributed by atoms with van der Waals surface area (Å²) in [5, 5.41) is 5.54. The molecule has 2 aromatic rings. The molecular weight excluding hydrogens is 366 g/mol. The van der Waals surface area contributed by atoms with Crippen LogP contribution in [0.2, 0.25) is 0 Å². The molecule has 142 valence electrons. The fourth-order valence-electron chi connectivity index (χ4n) is 3.49. The van der Waals surface area contributed by atoms with Crippen LogP contribution in [0.3, 0.4) is 0 Å². The van der Waals surface area contributed by atoms with E-state index in [9.17, 15) is 0 Å². The van der Waals surface area contributed by atoms with Gasteiger partial charge in [0.15, 0.2) is 3.95 Å². The van der Waals surface area contributed by atoms with Gasteiger partial charge in [-0.15, -0.1) is 0 Å². The van der Waals surface area contributed by atoms with E-state index in [1.165, 1.54) is 24.8 Å². The summed E-state index contributed by atoms with van der Waals surface area (Å²) < 4.78 is 13.6. The molecule has 0 aliphatic carbocycles. The van der Waals surface area contributed by atoms with Crippen molar-refractivity contribution in [2.24, 2.45) is 5.92 Å². The molecule has 7 heteroatoms. The van der Waals surface area contributed by atoms with E-state index in [1.807, 2.05) is 17.7 Å². The predicted molar refractivity (Wildman–Crippen MR) is 108 cm³/mol. The predicted octanol–water partition coefficient (Wildman–Crippen LogP) is 4.30. The summed E-state index contributed by atoms with van der Waals surface area (Å²) in [6, 6.07) is 6.15. The number of rotatable bonds is 7. The second-order valence-corrected chi connectivity index (χ2v) is 8.68. The van der Waals surface area contributed by atoms with Crippen LogP contribution in [0, 0.1) is 16.8 Å². The highest BCUT2D eigenvalue weighted by atomic mass is 32.1. The van der Waals surface area contributed by atoms with Gasteiger partial charge in [-0.05, 0) is 68.4 Å². The van der Waals surface area contributed by atoms with E-state index in [0.29, 0.717) is 0 Å². The van der Waals surface area contributed by atoms with Gasteiger partial charge in [-0.25, -0.2) is 4.68 Å². The first kappa shape index (κ1) is 19.3. The van der Waals surface area contributed by atoms with Crippen molar-refractivity contribution in [1.29, 1.82) is 0 Å². The maximum atomic E-state index is 5.37. The van der Waals surface area contributed by atoms with Gasteiger partial charge in [0.1, 0.15) is 16.5 Å². The highest BCUT2D eigenvalue weighted by Crippen LogP contribution is 2.27. The van der Waals surface area contributed by atoms with Gasteiger partial charge in [0.05, 0.1) is 20.9 Å². The van der Waals surface area contributed by atoms with Crippen LogP contribution in [0.1, 0.15) is 29.8 Å². The van der Waals surface area contributed by atoms with Gasteiger partial charge < -0.3 is 9.47 Å². The summed E-state index contributed by atoms with van der Waals surface area (Å²) in [5.41, 5.74) is 1.29. The molecule has 0 radical (unpaired) electrons. The third-order valence-corrected chi connectivity index (χ3v) is 6.22. The lowest BCUT2D eigenvalue weighted by molar-refractivity contribution is 0.137. The Balaban J connectivity index is 1.48. The van der Waals surface area contributed by atoms with Gasteiger partial charge in [-0.3, -0.25) is 4.90 Å². The normalized spacial score (nSPS) is 16.0. The van der Waals surface area contributed by atoms with Gasteiger partial charge in [0.25, 0.3) is 0 Å². The van der Waals surface area contributed by atoms with Crippen molar-refractivity contribution in [3.63, 3.8) is 0 Å². The van der Waals surface area contributed by atoms with Crippen LogP contribution in [0.25, 0.3) is 0 Å². The summed E-state index contributed by atoms with van der Waals surface area (Å²) in [7, 11) is 3.40. The number of likely N-dealkylation sites (tertiary alicyclic amines) is 1. The maximum Gasteiger partial charge on any atom is 0.180 e. The Labute approximate surface area is 164 Å². The Morgan fingerprint density at radius 3 is 2.35 bits per heavy atom. The molecule has 1 saturated heterocycles. The molecule has 1 fully saturated rings. The van der Waals surface area contributed by atoms with Crippen molar-refractivity contribution in [1.82, 2.24) is 14.7 Å². The fraction of sp³-hybridized carbons (Fsp3) is 0.579. The number of hydrogen-bond acceptors (Lipinski definition) is 6. The molecule has 1 aliphatic heterocycles. The largest absolute Gasteiger partial charge is 0.497 e. The molecule has 3 rings (SSSR count). The minimum atomic E-state index is 0.772. The molecule has 0 spiro atoms. The minimum Gasteiger partial charge on any atom is -0.497 e. The second-order valence-electron chi connectivity index (χ2n) is 6.85. The molecule has 0 atom stereocenters. The quantitative estimate of drug-likeness (QED) is 0.656. The van der Waals surface area contributed by atoms with Crippen molar-refractivity contribution in [2.45, 2.75) is 39.3 Å². The number of hydrogen-bond donors (Lipinski definition) is 0. The van der Waals surface area contributed by atoms with E-state index in [1.54, 1.807) is 25.6 Å². The highest BCUT2D eigenvalue weighted by Gasteiger charge is 2.20. The lowest BCUT2D eigenvalue weighted by Crippen LogP contribution is -2.35. The first-order valence-electron chi connectivity index (χ1n) is 9.06. The Morgan fingerprint density at radius 1 is 1.15 bits per heavy atom. The molecule has 0 saturated carbocycles. The van der Waals surface area contributed by atoms with E-state index in [-0.39, 0.29) is 0 Å². The van der Waals surface area contributed by atoms with Gasteiger partial charge in [0, 0.05) is 19.2 Å². The number of ether oxygens (including phenoxy) is 2. The molecule has 1 aromatic carbocycles. The Morgan fingerprint density at radius 2 is 1.81 bits per heavy atom. The lowest BCUT2D eigenvalue weighted by atomic mass is 9.90. The Hall–Kier alpha value is -1.44. The topological polar surface area (TPSA) is 39.5 Å². The number of piperidine rings is 1. The first-order valence-corrected chi connectivity index (χ1v) is 10.3. The molecule has 0 bridgehead atoms. The van der Waals surface area contributed by atoms with Gasteiger partial charge in [-0.1, -0.05) is 11.3 Å². The summed E-state index contributed by atoms with van der Waals surface area (Å²) in [5.74, 6) is 2.50. The van der Waals surface area contributed by atoms with E-state index >= 15 is 0 Å². The average Bonchev–Trinajstić information content (AvgIpc) is 2.97. The van der Waals surface area contributed by atoms with E-state index in [0.717, 1.165) is 52.6 Å². The van der Waals surface area contributed by atoms with Gasteiger partial charge >= 0.3 is 0 Å². The standard InChI is InChI=1S/C19H27N3O2S2/c1-14-20-22(19(25)26-14)13-21-8-6-15(7-9-21)4-5-16-10-17(23-2)12-18(11-16)24-3/h10-12,15H,4-9,13H2,1-3H3. The number of aromatic nitrogens is 2. The minimum absolute atomic E-state index is 0.772. The third-order valence-electron chi connectivity index (χ3n) is 5.00. The number of methoxy groups -OCH3 is 2. The molecule has 1 aliphatic rings. The average molecular weight is 394 g/mol. The molecule has 2 heterocycles. The molecule has 1 aromatic heterocycles. The van der Waals surface area contributed by atoms with Crippen LogP contribution in [0.5, 0.6) is 11.5 Å². The monoisotopic (exact) mass is 393 g/mol. The molecule has 0 unspecified atom stereocenters. The smallest absolute Gasteiger partial charge is 0.180 e. The summed E-state index contributed by atoms with van der Waals surface area (Å²) >= 11 is 6.96. The first-order chi connectivity index (χ1) is 12.6. The second kappa shape index (κ2) is 8.97. The van der Waals surface area contributed by atoms with Crippen LogP contribution in [-0.4, -0.2) is 42.0 Å². The van der Waals surface area contributed by atoms with Crippen molar-refractivity contribution in [2.75, 3.05) is 27.3 Å². The molecule has 0 amide bonds. The van der Waals surface area contributed by atoms with Crippen LogP contribution in [0.15, 0.2) is 18.2 Å². The van der Waals surface area contributed by atoms with Crippen LogP contribution in [-0.2, 0) is 13.1 Å². The van der Waals surface area contributed by atoms with Crippen molar-refractivity contribution in [3.8, 4) is 11.5 Å². The van der Waals surface area contributed by atoms with E-state index in [4.69, 9.17) is 21.7 Å². The van der Waals surface area contributed by atoms with Gasteiger partial charge in [-0.2, -0.15) is 5.10 Å². The molecule has 5 nitrogen and oxygen atoms in total. The van der Waals surface area contributed by atoms with Crippen LogP contribution < -0.4 is 9.47 Å². The zero-order valence-corrected chi connectivity index (χ0v) is 17.4. The lowest BCUT2D eigenvalue weighted by Gasteiger charge is -2.31. The molecule has 26 heavy (non-hydrogen) atoms. The summed E-state index contributed by atoms with van der Waals surface area (Å²) in [6.07, 6.45) is 4.74. The number of aryl methyl sites for hydroxylation is 2. The van der Waals surface area contributed by atoms with Gasteiger partial charge in [0.2, 0.25) is 0 Å². The molecular formula is C19H27N3O2S2. The van der Waals surface area contributed by atoms with Crippen molar-refractivity contribution in [3.05, 3.63) is 32.7 Å². The van der Waals surface area contributed by atoms with Crippen molar-refractivity contribution >= 4 is 23.6 Å². The van der Waals surface area contributed by atoms with E-state index < -0.39 is 0 Å². The maximum absolute atomic E-state index is 5.37. The van der Waals surface area contributed by atoms with Crippen molar-refractivity contribution < 1.29 is 9.47 Å². The fourth-order valence-corrected chi connectivity index (χ4v) is 4.54. The third kappa shape index (κ3) is 5.05.